The van der Waals surface area contributed by atoms with Crippen LogP contribution < -0.4 is 16.0 Å². The second-order valence-electron chi connectivity index (χ2n) is 7.23. The summed E-state index contributed by atoms with van der Waals surface area (Å²) >= 11 is 0. The second kappa shape index (κ2) is 10.6. The monoisotopic (exact) mass is 442 g/mol. The maximum atomic E-state index is 12.4. The maximum absolute atomic E-state index is 12.4. The van der Waals surface area contributed by atoms with Crippen molar-refractivity contribution in [1.82, 2.24) is 5.32 Å². The van der Waals surface area contributed by atoms with Crippen LogP contribution in [0.25, 0.3) is 6.08 Å². The van der Waals surface area contributed by atoms with E-state index in [1.807, 2.05) is 32.0 Å². The number of furan rings is 1. The Morgan fingerprint density at radius 3 is 2.30 bits per heavy atom. The summed E-state index contributed by atoms with van der Waals surface area (Å²) in [6.07, 6.45) is 1.31. The van der Waals surface area contributed by atoms with E-state index in [0.29, 0.717) is 17.1 Å². The summed E-state index contributed by atoms with van der Waals surface area (Å²) in [4.78, 5) is 36.4. The van der Waals surface area contributed by atoms with Crippen molar-refractivity contribution < 1.29 is 18.8 Å². The molecule has 0 radical (unpaired) electrons. The third-order valence-electron chi connectivity index (χ3n) is 4.76. The first-order valence-corrected chi connectivity index (χ1v) is 10.1. The first-order valence-electron chi connectivity index (χ1n) is 10.1. The highest BCUT2D eigenvalue weighted by Crippen LogP contribution is 2.17. The minimum atomic E-state index is -0.821. The van der Waals surface area contributed by atoms with Gasteiger partial charge >= 0.3 is 11.8 Å². The normalized spacial score (nSPS) is 10.8. The Morgan fingerprint density at radius 1 is 0.879 bits per heavy atom. The largest absolute Gasteiger partial charge is 0.460 e. The van der Waals surface area contributed by atoms with Crippen molar-refractivity contribution in [2.24, 2.45) is 0 Å². The Balaban J connectivity index is 1.58. The Morgan fingerprint density at radius 2 is 1.61 bits per heavy atom. The molecule has 3 N–H and O–H groups in total. The van der Waals surface area contributed by atoms with Crippen molar-refractivity contribution in [2.45, 2.75) is 20.4 Å². The number of hydrogen-bond acceptors (Lipinski definition) is 5. The minimum Gasteiger partial charge on any atom is -0.460 e. The van der Waals surface area contributed by atoms with Gasteiger partial charge in [0.1, 0.15) is 23.2 Å². The van der Waals surface area contributed by atoms with E-state index in [-0.39, 0.29) is 17.9 Å². The first kappa shape index (κ1) is 23.0. The summed E-state index contributed by atoms with van der Waals surface area (Å²) in [5.41, 5.74) is 3.06. The molecule has 3 rings (SSSR count). The number of amides is 3. The molecule has 8 nitrogen and oxygen atoms in total. The van der Waals surface area contributed by atoms with Gasteiger partial charge in [-0.2, -0.15) is 5.26 Å². The highest BCUT2D eigenvalue weighted by molar-refractivity contribution is 6.39. The van der Waals surface area contributed by atoms with Gasteiger partial charge < -0.3 is 20.4 Å². The number of nitrogens with zero attached hydrogens (tertiary/aromatic N) is 1. The number of carbonyl (C=O) groups is 3. The van der Waals surface area contributed by atoms with Gasteiger partial charge in [-0.3, -0.25) is 14.4 Å². The van der Waals surface area contributed by atoms with E-state index >= 15 is 0 Å². The van der Waals surface area contributed by atoms with E-state index < -0.39 is 17.7 Å². The molecule has 0 atom stereocenters. The predicted molar refractivity (Wildman–Crippen MR) is 124 cm³/mol. The standard InChI is InChI=1S/C25H22N4O4/c1-16-8-9-20(12-17(16)2)29-23(30)18(14-26)13-21-10-11-22(33-21)15-27-24(31)25(32)28-19-6-4-3-5-7-19/h3-13H,15H2,1-2H3,(H,27,31)(H,28,32)(H,29,30)/b18-13-. The number of nitrogens with one attached hydrogen (secondary N) is 3. The first-order chi connectivity index (χ1) is 15.9. The molecule has 0 aliphatic heterocycles. The van der Waals surface area contributed by atoms with Crippen LogP contribution in [-0.2, 0) is 20.9 Å². The van der Waals surface area contributed by atoms with Gasteiger partial charge in [-0.1, -0.05) is 24.3 Å². The van der Waals surface area contributed by atoms with Gasteiger partial charge in [-0.25, -0.2) is 0 Å². The molecule has 0 aliphatic rings. The molecule has 0 saturated heterocycles. The SMILES string of the molecule is Cc1ccc(NC(=O)/C(C#N)=C\c2ccc(CNC(=O)C(=O)Nc3ccccc3)o2)cc1C. The zero-order valence-corrected chi connectivity index (χ0v) is 18.1. The number of aryl methyl sites for hydroxylation is 2. The predicted octanol–water partition coefficient (Wildman–Crippen LogP) is 3.70. The number of benzene rings is 2. The lowest BCUT2D eigenvalue weighted by Gasteiger charge is -2.07. The van der Waals surface area contributed by atoms with Crippen LogP contribution in [0.3, 0.4) is 0 Å². The molecule has 0 aliphatic carbocycles. The van der Waals surface area contributed by atoms with E-state index in [1.54, 1.807) is 48.5 Å². The average molecular weight is 442 g/mol. The Bertz CT molecular complexity index is 1250. The molecule has 0 unspecified atom stereocenters. The highest BCUT2D eigenvalue weighted by atomic mass is 16.3. The number of anilines is 2. The van der Waals surface area contributed by atoms with E-state index in [0.717, 1.165) is 11.1 Å². The lowest BCUT2D eigenvalue weighted by molar-refractivity contribution is -0.136. The van der Waals surface area contributed by atoms with Crippen molar-refractivity contribution in [3.63, 3.8) is 0 Å². The zero-order valence-electron chi connectivity index (χ0n) is 18.1. The zero-order chi connectivity index (χ0) is 23.8. The summed E-state index contributed by atoms with van der Waals surface area (Å²) in [7, 11) is 0. The van der Waals surface area contributed by atoms with Gasteiger partial charge in [-0.15, -0.1) is 0 Å². The van der Waals surface area contributed by atoms with Crippen LogP contribution in [0.15, 0.2) is 70.7 Å². The molecule has 0 bridgehead atoms. The fourth-order valence-corrected chi connectivity index (χ4v) is 2.83. The lowest BCUT2D eigenvalue weighted by Crippen LogP contribution is -2.34. The Labute approximate surface area is 190 Å². The highest BCUT2D eigenvalue weighted by Gasteiger charge is 2.15. The number of hydrogen-bond donors (Lipinski definition) is 3. The van der Waals surface area contributed by atoms with Gasteiger partial charge in [0.2, 0.25) is 0 Å². The summed E-state index contributed by atoms with van der Waals surface area (Å²) in [5.74, 6) is -1.57. The van der Waals surface area contributed by atoms with Crippen LogP contribution in [0.5, 0.6) is 0 Å². The molecular weight excluding hydrogens is 420 g/mol. The molecule has 3 amide bonds. The van der Waals surface area contributed by atoms with Crippen molar-refractivity contribution in [3.05, 3.63) is 88.9 Å². The molecule has 0 fully saturated rings. The van der Waals surface area contributed by atoms with Gasteiger partial charge in [0.15, 0.2) is 0 Å². The van der Waals surface area contributed by atoms with Crippen molar-refractivity contribution in [1.29, 1.82) is 5.26 Å². The molecular formula is C25H22N4O4. The van der Waals surface area contributed by atoms with Gasteiger partial charge in [-0.05, 0) is 61.4 Å². The van der Waals surface area contributed by atoms with Crippen LogP contribution in [0.1, 0.15) is 22.6 Å². The molecule has 1 heterocycles. The second-order valence-corrected chi connectivity index (χ2v) is 7.23. The van der Waals surface area contributed by atoms with Gasteiger partial charge in [0.05, 0.1) is 6.54 Å². The number of rotatable bonds is 6. The third-order valence-corrected chi connectivity index (χ3v) is 4.76. The van der Waals surface area contributed by atoms with Crippen LogP contribution >= 0.6 is 0 Å². The van der Waals surface area contributed by atoms with E-state index in [9.17, 15) is 19.6 Å². The van der Waals surface area contributed by atoms with E-state index in [4.69, 9.17) is 4.42 Å². The molecule has 0 saturated carbocycles. The van der Waals surface area contributed by atoms with Crippen molar-refractivity contribution in [2.75, 3.05) is 10.6 Å². The van der Waals surface area contributed by atoms with Crippen molar-refractivity contribution in [3.8, 4) is 6.07 Å². The number of carbonyl (C=O) groups excluding carboxylic acids is 3. The smallest absolute Gasteiger partial charge is 0.313 e. The minimum absolute atomic E-state index is 0.0361. The third kappa shape index (κ3) is 6.42. The summed E-state index contributed by atoms with van der Waals surface area (Å²) in [6.45, 7) is 3.86. The topological polar surface area (TPSA) is 124 Å². The van der Waals surface area contributed by atoms with Crippen LogP contribution in [-0.4, -0.2) is 17.7 Å². The van der Waals surface area contributed by atoms with Crippen molar-refractivity contribution >= 4 is 35.2 Å². The molecule has 166 valence electrons. The van der Waals surface area contributed by atoms with E-state index in [1.165, 1.54) is 6.08 Å². The molecule has 1 aromatic heterocycles. The van der Waals surface area contributed by atoms with Gasteiger partial charge in [0, 0.05) is 17.5 Å². The van der Waals surface area contributed by atoms with Gasteiger partial charge in [0.25, 0.3) is 5.91 Å². The lowest BCUT2D eigenvalue weighted by atomic mass is 10.1. The van der Waals surface area contributed by atoms with Crippen LogP contribution in [0.2, 0.25) is 0 Å². The maximum Gasteiger partial charge on any atom is 0.313 e. The number of nitriles is 1. The van der Waals surface area contributed by atoms with E-state index in [2.05, 4.69) is 16.0 Å². The molecule has 8 heteroatoms. The fourth-order valence-electron chi connectivity index (χ4n) is 2.83. The summed E-state index contributed by atoms with van der Waals surface area (Å²) < 4.78 is 5.55. The summed E-state index contributed by atoms with van der Waals surface area (Å²) in [6, 6.07) is 19.1. The average Bonchev–Trinajstić information content (AvgIpc) is 3.26. The fraction of sp³-hybridized carbons (Fsp3) is 0.120. The van der Waals surface area contributed by atoms with Crippen LogP contribution in [0, 0.1) is 25.2 Å². The molecule has 33 heavy (non-hydrogen) atoms. The number of para-hydroxylation sites is 1. The molecule has 2 aromatic carbocycles. The Kier molecular flexibility index (Phi) is 7.39. The molecule has 3 aromatic rings. The van der Waals surface area contributed by atoms with Crippen LogP contribution in [0.4, 0.5) is 11.4 Å². The summed E-state index contributed by atoms with van der Waals surface area (Å²) in [5, 5.41) is 17.0. The Hall–Kier alpha value is -4.64. The quantitative estimate of drug-likeness (QED) is 0.305. The molecule has 0 spiro atoms.